The third-order valence-corrected chi connectivity index (χ3v) is 2.81. The summed E-state index contributed by atoms with van der Waals surface area (Å²) in [5.41, 5.74) is 1.51. The highest BCUT2D eigenvalue weighted by molar-refractivity contribution is 5.20. The summed E-state index contributed by atoms with van der Waals surface area (Å²) in [5, 5.41) is 0. The monoisotopic (exact) mass is 208 g/mol. The van der Waals surface area contributed by atoms with Crippen LogP contribution < -0.4 is 0 Å². The summed E-state index contributed by atoms with van der Waals surface area (Å²) in [6.07, 6.45) is 12.5. The van der Waals surface area contributed by atoms with Gasteiger partial charge in [0.2, 0.25) is 0 Å². The van der Waals surface area contributed by atoms with Gasteiger partial charge in [-0.15, -0.1) is 0 Å². The Labute approximate surface area is 94.2 Å². The maximum Gasteiger partial charge on any atom is 0.0813 e. The minimum Gasteiger partial charge on any atom is -0.373 e. The molecule has 0 aromatic rings. The van der Waals surface area contributed by atoms with Crippen molar-refractivity contribution in [2.24, 2.45) is 5.92 Å². The first-order valence-electron chi connectivity index (χ1n) is 6.32. The molecule has 1 fully saturated rings. The van der Waals surface area contributed by atoms with E-state index in [1.807, 2.05) is 13.8 Å². The molecule has 2 rings (SSSR count). The normalized spacial score (nSPS) is 28.6. The van der Waals surface area contributed by atoms with Crippen LogP contribution in [0.25, 0.3) is 0 Å². The van der Waals surface area contributed by atoms with Gasteiger partial charge in [-0.1, -0.05) is 44.6 Å². The third-order valence-electron chi connectivity index (χ3n) is 2.81. The molecule has 2 aliphatic rings. The molecular formula is C14H24O. The first kappa shape index (κ1) is 12.5. The lowest BCUT2D eigenvalue weighted by molar-refractivity contribution is 0.397. The molecule has 15 heavy (non-hydrogen) atoms. The molecule has 2 unspecified atom stereocenters. The van der Waals surface area contributed by atoms with Crippen molar-refractivity contribution in [1.82, 2.24) is 0 Å². The summed E-state index contributed by atoms with van der Waals surface area (Å²) in [5.74, 6) is 0.825. The van der Waals surface area contributed by atoms with Crippen LogP contribution in [0.15, 0.2) is 23.8 Å². The maximum absolute atomic E-state index is 5.20. The van der Waals surface area contributed by atoms with E-state index in [0.29, 0.717) is 6.10 Å². The summed E-state index contributed by atoms with van der Waals surface area (Å²) in [6.45, 7) is 7.31. The Morgan fingerprint density at radius 3 is 2.73 bits per heavy atom. The van der Waals surface area contributed by atoms with Gasteiger partial charge in [0.1, 0.15) is 0 Å². The van der Waals surface area contributed by atoms with Crippen molar-refractivity contribution < 1.29 is 4.74 Å². The van der Waals surface area contributed by atoms with Gasteiger partial charge >= 0.3 is 0 Å². The van der Waals surface area contributed by atoms with Crippen LogP contribution in [0.4, 0.5) is 0 Å². The molecule has 0 bridgehead atoms. The summed E-state index contributed by atoms with van der Waals surface area (Å²) >= 11 is 0. The number of hydrogen-bond donors (Lipinski definition) is 0. The Morgan fingerprint density at radius 2 is 2.07 bits per heavy atom. The van der Waals surface area contributed by atoms with Crippen molar-refractivity contribution in [2.75, 3.05) is 6.61 Å². The molecule has 86 valence electrons. The second-order valence-corrected chi connectivity index (χ2v) is 4.25. The van der Waals surface area contributed by atoms with Gasteiger partial charge in [-0.25, -0.2) is 0 Å². The zero-order valence-corrected chi connectivity index (χ0v) is 10.3. The molecule has 1 heterocycles. The second-order valence-electron chi connectivity index (χ2n) is 4.25. The molecule has 1 aliphatic carbocycles. The third kappa shape index (κ3) is 5.17. The topological polar surface area (TPSA) is 12.5 Å². The fourth-order valence-electron chi connectivity index (χ4n) is 1.72. The molecule has 1 aliphatic heterocycles. The van der Waals surface area contributed by atoms with Crippen molar-refractivity contribution >= 4 is 0 Å². The largest absolute Gasteiger partial charge is 0.373 e. The van der Waals surface area contributed by atoms with Gasteiger partial charge in [0, 0.05) is 0 Å². The lowest BCUT2D eigenvalue weighted by Gasteiger charge is -2.01. The minimum absolute atomic E-state index is 0.579. The molecular weight excluding hydrogens is 184 g/mol. The SMILES string of the molecule is CC.CC1CC=CC(CCC2CO2)=CC1. The lowest BCUT2D eigenvalue weighted by atomic mass is 10.0. The van der Waals surface area contributed by atoms with Gasteiger partial charge in [-0.05, 0) is 31.6 Å². The molecule has 1 nitrogen and oxygen atoms in total. The highest BCUT2D eigenvalue weighted by Crippen LogP contribution is 2.23. The molecule has 1 heteroatoms. The number of allylic oxidation sites excluding steroid dienone is 4. The fourth-order valence-corrected chi connectivity index (χ4v) is 1.72. The Morgan fingerprint density at radius 1 is 1.33 bits per heavy atom. The van der Waals surface area contributed by atoms with Crippen LogP contribution >= 0.6 is 0 Å². The molecule has 0 N–H and O–H groups in total. The first-order valence-corrected chi connectivity index (χ1v) is 6.32. The van der Waals surface area contributed by atoms with E-state index in [1.54, 1.807) is 0 Å². The number of ether oxygens (including phenoxy) is 1. The molecule has 2 atom stereocenters. The van der Waals surface area contributed by atoms with E-state index in [1.165, 1.54) is 31.3 Å². The van der Waals surface area contributed by atoms with Gasteiger partial charge in [0.15, 0.2) is 0 Å². The van der Waals surface area contributed by atoms with Crippen molar-refractivity contribution in [2.45, 2.75) is 52.6 Å². The lowest BCUT2D eigenvalue weighted by Crippen LogP contribution is -1.88. The van der Waals surface area contributed by atoms with E-state index >= 15 is 0 Å². The molecule has 0 amide bonds. The number of epoxide rings is 1. The van der Waals surface area contributed by atoms with Gasteiger partial charge in [0.05, 0.1) is 12.7 Å². The molecule has 1 saturated heterocycles. The van der Waals surface area contributed by atoms with Gasteiger partial charge < -0.3 is 4.74 Å². The number of rotatable bonds is 3. The Bertz CT molecular complexity index is 223. The Balaban J connectivity index is 0.000000531. The van der Waals surface area contributed by atoms with E-state index in [4.69, 9.17) is 4.74 Å². The summed E-state index contributed by atoms with van der Waals surface area (Å²) in [4.78, 5) is 0. The highest BCUT2D eigenvalue weighted by Gasteiger charge is 2.21. The zero-order chi connectivity index (χ0) is 11.1. The predicted octanol–water partition coefficient (Wildman–Crippen LogP) is 4.10. The van der Waals surface area contributed by atoms with Gasteiger partial charge in [-0.2, -0.15) is 0 Å². The van der Waals surface area contributed by atoms with Crippen molar-refractivity contribution in [3.8, 4) is 0 Å². The average molecular weight is 208 g/mol. The summed E-state index contributed by atoms with van der Waals surface area (Å²) < 4.78 is 5.20. The smallest absolute Gasteiger partial charge is 0.0813 e. The van der Waals surface area contributed by atoms with Crippen LogP contribution in [-0.4, -0.2) is 12.7 Å². The molecule has 0 radical (unpaired) electrons. The van der Waals surface area contributed by atoms with Gasteiger partial charge in [-0.3, -0.25) is 0 Å². The van der Waals surface area contributed by atoms with E-state index in [0.717, 1.165) is 12.5 Å². The van der Waals surface area contributed by atoms with E-state index in [2.05, 4.69) is 25.2 Å². The van der Waals surface area contributed by atoms with E-state index in [-0.39, 0.29) is 0 Å². The molecule has 0 aromatic heterocycles. The molecule has 0 saturated carbocycles. The van der Waals surface area contributed by atoms with Crippen molar-refractivity contribution in [1.29, 1.82) is 0 Å². The van der Waals surface area contributed by atoms with Crippen LogP contribution in [0.5, 0.6) is 0 Å². The Kier molecular flexibility index (Phi) is 5.70. The predicted molar refractivity (Wildman–Crippen MR) is 65.9 cm³/mol. The second kappa shape index (κ2) is 6.84. The Hall–Kier alpha value is -0.560. The zero-order valence-electron chi connectivity index (χ0n) is 10.3. The fraction of sp³-hybridized carbons (Fsp3) is 0.714. The van der Waals surface area contributed by atoms with E-state index in [9.17, 15) is 0 Å². The van der Waals surface area contributed by atoms with Crippen molar-refractivity contribution in [3.05, 3.63) is 23.8 Å². The van der Waals surface area contributed by atoms with Crippen LogP contribution in [-0.2, 0) is 4.74 Å². The molecule has 0 spiro atoms. The van der Waals surface area contributed by atoms with Crippen LogP contribution in [0, 0.1) is 5.92 Å². The maximum atomic E-state index is 5.20. The molecule has 0 aromatic carbocycles. The first-order chi connectivity index (χ1) is 7.34. The van der Waals surface area contributed by atoms with Gasteiger partial charge in [0.25, 0.3) is 0 Å². The summed E-state index contributed by atoms with van der Waals surface area (Å²) in [6, 6.07) is 0. The summed E-state index contributed by atoms with van der Waals surface area (Å²) in [7, 11) is 0. The van der Waals surface area contributed by atoms with Crippen molar-refractivity contribution in [3.63, 3.8) is 0 Å². The van der Waals surface area contributed by atoms with E-state index < -0.39 is 0 Å². The highest BCUT2D eigenvalue weighted by atomic mass is 16.6. The van der Waals surface area contributed by atoms with Crippen LogP contribution in [0.3, 0.4) is 0 Å². The standard InChI is InChI=1S/C12H18O.C2H6/c1-10-3-2-4-11(6-5-10)7-8-12-9-13-12;1-2/h2,4,6,10,12H,3,5,7-9H2,1H3;1-2H3. The number of hydrogen-bond acceptors (Lipinski definition) is 1. The van der Waals surface area contributed by atoms with Crippen LogP contribution in [0.1, 0.15) is 46.5 Å². The average Bonchev–Trinajstić information content (AvgIpc) is 3.07. The van der Waals surface area contributed by atoms with Crippen LogP contribution in [0.2, 0.25) is 0 Å². The quantitative estimate of drug-likeness (QED) is 0.636. The minimum atomic E-state index is 0.579.